The van der Waals surface area contributed by atoms with E-state index in [0.717, 1.165) is 24.2 Å². The van der Waals surface area contributed by atoms with Crippen molar-refractivity contribution < 1.29 is 9.18 Å². The SMILES string of the molecule is C[C@]1(c2cc(NC(=O)C3=NCC(N)C=C3)ccc2F)N=C(N)SC2=CCCCC21. The highest BCUT2D eigenvalue weighted by molar-refractivity contribution is 8.17. The molecule has 29 heavy (non-hydrogen) atoms. The summed E-state index contributed by atoms with van der Waals surface area (Å²) in [6, 6.07) is 4.39. The summed E-state index contributed by atoms with van der Waals surface area (Å²) in [5, 5.41) is 3.24. The predicted octanol–water partition coefficient (Wildman–Crippen LogP) is 3.06. The number of hydrogen-bond donors (Lipinski definition) is 3. The van der Waals surface area contributed by atoms with Crippen LogP contribution < -0.4 is 16.8 Å². The first-order valence-electron chi connectivity index (χ1n) is 9.69. The normalized spacial score (nSPS) is 28.7. The fraction of sp³-hybridized carbons (Fsp3) is 0.381. The van der Waals surface area contributed by atoms with Gasteiger partial charge in [-0.25, -0.2) is 4.39 Å². The van der Waals surface area contributed by atoms with Gasteiger partial charge in [0, 0.05) is 23.2 Å². The quantitative estimate of drug-likeness (QED) is 0.708. The Labute approximate surface area is 173 Å². The molecule has 0 spiro atoms. The number of anilines is 1. The maximum absolute atomic E-state index is 14.9. The van der Waals surface area contributed by atoms with Crippen LogP contribution in [-0.2, 0) is 10.3 Å². The number of fused-ring (bicyclic) bond motifs is 1. The Hall–Kier alpha value is -2.45. The van der Waals surface area contributed by atoms with Gasteiger partial charge in [0.2, 0.25) is 0 Å². The summed E-state index contributed by atoms with van der Waals surface area (Å²) in [5.41, 5.74) is 12.2. The molecule has 3 atom stereocenters. The van der Waals surface area contributed by atoms with Crippen molar-refractivity contribution in [3.05, 3.63) is 52.7 Å². The van der Waals surface area contributed by atoms with Crippen LogP contribution in [-0.4, -0.2) is 29.4 Å². The Kier molecular flexibility index (Phi) is 5.31. The number of benzene rings is 1. The number of dihydropyridines is 1. The van der Waals surface area contributed by atoms with Crippen LogP contribution in [0.1, 0.15) is 31.7 Å². The molecule has 3 aliphatic rings. The Morgan fingerprint density at radius 2 is 2.24 bits per heavy atom. The molecule has 4 rings (SSSR count). The maximum Gasteiger partial charge on any atom is 0.273 e. The van der Waals surface area contributed by atoms with Crippen molar-refractivity contribution in [1.29, 1.82) is 0 Å². The van der Waals surface area contributed by atoms with Gasteiger partial charge in [0.1, 0.15) is 11.5 Å². The summed E-state index contributed by atoms with van der Waals surface area (Å²) in [5.74, 6) is -0.641. The third-order valence-corrected chi connectivity index (χ3v) is 6.59. The highest BCUT2D eigenvalue weighted by atomic mass is 32.2. The molecule has 2 aliphatic heterocycles. The summed E-state index contributed by atoms with van der Waals surface area (Å²) in [7, 11) is 0. The largest absolute Gasteiger partial charge is 0.378 e. The molecule has 8 heteroatoms. The Morgan fingerprint density at radius 3 is 3.00 bits per heavy atom. The molecule has 1 aromatic carbocycles. The number of nitrogens with zero attached hydrogens (tertiary/aromatic N) is 2. The van der Waals surface area contributed by atoms with Gasteiger partial charge < -0.3 is 16.8 Å². The number of hydrogen-bond acceptors (Lipinski definition) is 6. The molecule has 0 fully saturated rings. The third kappa shape index (κ3) is 3.86. The zero-order chi connectivity index (χ0) is 20.6. The molecule has 2 unspecified atom stereocenters. The zero-order valence-electron chi connectivity index (χ0n) is 16.2. The molecule has 1 aliphatic carbocycles. The first-order chi connectivity index (χ1) is 13.9. The summed E-state index contributed by atoms with van der Waals surface area (Å²) >= 11 is 1.47. The van der Waals surface area contributed by atoms with Gasteiger partial charge in [-0.1, -0.05) is 23.9 Å². The highest BCUT2D eigenvalue weighted by Gasteiger charge is 2.44. The van der Waals surface area contributed by atoms with Gasteiger partial charge in [-0.2, -0.15) is 0 Å². The third-order valence-electron chi connectivity index (χ3n) is 5.61. The summed E-state index contributed by atoms with van der Waals surface area (Å²) < 4.78 is 14.9. The van der Waals surface area contributed by atoms with Crippen LogP contribution in [0.5, 0.6) is 0 Å². The molecule has 0 aromatic heterocycles. The lowest BCUT2D eigenvalue weighted by molar-refractivity contribution is -0.110. The van der Waals surface area contributed by atoms with Crippen LogP contribution in [0, 0.1) is 11.7 Å². The lowest BCUT2D eigenvalue weighted by Gasteiger charge is -2.41. The summed E-state index contributed by atoms with van der Waals surface area (Å²) in [6.07, 6.45) is 8.49. The molecule has 1 aromatic rings. The van der Waals surface area contributed by atoms with Gasteiger partial charge in [-0.05, 0) is 55.4 Å². The molecule has 0 radical (unpaired) electrons. The lowest BCUT2D eigenvalue weighted by atomic mass is 9.74. The van der Waals surface area contributed by atoms with Crippen molar-refractivity contribution in [2.24, 2.45) is 27.4 Å². The van der Waals surface area contributed by atoms with E-state index in [1.54, 1.807) is 24.3 Å². The van der Waals surface area contributed by atoms with Crippen LogP contribution in [0.3, 0.4) is 0 Å². The van der Waals surface area contributed by atoms with E-state index in [9.17, 15) is 9.18 Å². The van der Waals surface area contributed by atoms with Gasteiger partial charge in [0.05, 0.1) is 12.1 Å². The van der Waals surface area contributed by atoms with Crippen molar-refractivity contribution in [2.75, 3.05) is 11.9 Å². The van der Waals surface area contributed by atoms with Crippen molar-refractivity contribution in [2.45, 2.75) is 37.8 Å². The molecule has 1 amide bonds. The van der Waals surface area contributed by atoms with Crippen LogP contribution >= 0.6 is 11.8 Å². The van der Waals surface area contributed by atoms with E-state index >= 15 is 0 Å². The number of thioether (sulfide) groups is 1. The second-order valence-corrected chi connectivity index (χ2v) is 8.78. The van der Waals surface area contributed by atoms with Crippen LogP contribution in [0.25, 0.3) is 0 Å². The number of nitrogens with one attached hydrogen (secondary N) is 1. The molecule has 152 valence electrons. The number of amidine groups is 1. The molecule has 0 bridgehead atoms. The smallest absolute Gasteiger partial charge is 0.273 e. The molecule has 0 saturated heterocycles. The monoisotopic (exact) mass is 413 g/mol. The number of rotatable bonds is 3. The number of aliphatic imine (C=N–C) groups is 2. The van der Waals surface area contributed by atoms with Crippen LogP contribution in [0.2, 0.25) is 0 Å². The number of carbonyl (C=O) groups excluding carboxylic acids is 1. The molecular weight excluding hydrogens is 389 g/mol. The first kappa shape index (κ1) is 19.8. The van der Waals surface area contributed by atoms with Gasteiger partial charge in [0.15, 0.2) is 5.17 Å². The van der Waals surface area contributed by atoms with E-state index in [4.69, 9.17) is 11.5 Å². The average molecular weight is 414 g/mol. The average Bonchev–Trinajstić information content (AvgIpc) is 2.69. The Morgan fingerprint density at radius 1 is 1.41 bits per heavy atom. The first-order valence-corrected chi connectivity index (χ1v) is 10.5. The summed E-state index contributed by atoms with van der Waals surface area (Å²) in [6.45, 7) is 2.29. The van der Waals surface area contributed by atoms with Gasteiger partial charge in [-0.3, -0.25) is 14.8 Å². The van der Waals surface area contributed by atoms with Gasteiger partial charge >= 0.3 is 0 Å². The van der Waals surface area contributed by atoms with E-state index in [-0.39, 0.29) is 23.7 Å². The fourth-order valence-corrected chi connectivity index (χ4v) is 5.25. The minimum atomic E-state index is -0.818. The van der Waals surface area contributed by atoms with Gasteiger partial charge in [0.25, 0.3) is 5.91 Å². The van der Waals surface area contributed by atoms with Crippen LogP contribution in [0.15, 0.2) is 51.3 Å². The highest BCUT2D eigenvalue weighted by Crippen LogP contribution is 2.50. The Bertz CT molecular complexity index is 970. The van der Waals surface area contributed by atoms with Crippen molar-refractivity contribution in [1.82, 2.24) is 0 Å². The molecule has 2 heterocycles. The number of allylic oxidation sites excluding steroid dienone is 1. The fourth-order valence-electron chi connectivity index (χ4n) is 4.09. The number of carbonyl (C=O) groups is 1. The molecule has 0 saturated carbocycles. The second kappa shape index (κ2) is 7.76. The van der Waals surface area contributed by atoms with Crippen LogP contribution in [0.4, 0.5) is 10.1 Å². The summed E-state index contributed by atoms with van der Waals surface area (Å²) in [4.78, 5) is 22.5. The lowest BCUT2D eigenvalue weighted by Crippen LogP contribution is -2.38. The van der Waals surface area contributed by atoms with Crippen molar-refractivity contribution in [3.63, 3.8) is 0 Å². The maximum atomic E-state index is 14.9. The standard InChI is InChI=1S/C21H24FN5OS/c1-21(14-4-2-3-5-18(14)29-20(24)27-21)15-10-13(7-8-16(15)22)26-19(28)17-9-6-12(23)11-25-17/h5-10,12,14H,2-4,11,23H2,1H3,(H2,24,27)(H,26,28)/t12?,14?,21-/m0/s1. The minimum absolute atomic E-state index is 0.0705. The second-order valence-electron chi connectivity index (χ2n) is 7.69. The number of nitrogens with two attached hydrogens (primary N) is 2. The number of halogens is 1. The number of amides is 1. The molecule has 5 N–H and O–H groups in total. The van der Waals surface area contributed by atoms with E-state index in [1.165, 1.54) is 17.8 Å². The van der Waals surface area contributed by atoms with E-state index in [2.05, 4.69) is 21.4 Å². The molecular formula is C21H24FN5OS. The zero-order valence-corrected chi connectivity index (χ0v) is 17.0. The van der Waals surface area contributed by atoms with E-state index in [0.29, 0.717) is 28.7 Å². The predicted molar refractivity (Wildman–Crippen MR) is 116 cm³/mol. The minimum Gasteiger partial charge on any atom is -0.378 e. The molecule has 6 nitrogen and oxygen atoms in total. The Balaban J connectivity index is 1.66. The van der Waals surface area contributed by atoms with E-state index in [1.807, 2.05) is 6.92 Å². The van der Waals surface area contributed by atoms with Crippen molar-refractivity contribution >= 4 is 34.2 Å². The van der Waals surface area contributed by atoms with E-state index < -0.39 is 5.54 Å². The topological polar surface area (TPSA) is 106 Å². The van der Waals surface area contributed by atoms with Gasteiger partial charge in [-0.15, -0.1) is 0 Å². The van der Waals surface area contributed by atoms with Crippen molar-refractivity contribution in [3.8, 4) is 0 Å².